The molecule has 138 valence electrons. The third-order valence-electron chi connectivity index (χ3n) is 5.27. The second kappa shape index (κ2) is 7.40. The van der Waals surface area contributed by atoms with Crippen LogP contribution in [0.15, 0.2) is 72.8 Å². The van der Waals surface area contributed by atoms with E-state index in [0.717, 1.165) is 27.7 Å². The van der Waals surface area contributed by atoms with Crippen LogP contribution in [-0.4, -0.2) is 10.8 Å². The van der Waals surface area contributed by atoms with Gasteiger partial charge in [0.25, 0.3) is 0 Å². The summed E-state index contributed by atoms with van der Waals surface area (Å²) in [6, 6.07) is 24.7. The molecule has 0 saturated carbocycles. The predicted molar refractivity (Wildman–Crippen MR) is 116 cm³/mol. The maximum absolute atomic E-state index is 12.6. The van der Waals surface area contributed by atoms with Gasteiger partial charge in [0.2, 0.25) is 0 Å². The van der Waals surface area contributed by atoms with Crippen LogP contribution in [0.3, 0.4) is 0 Å². The molecule has 4 rings (SSSR count). The van der Waals surface area contributed by atoms with E-state index >= 15 is 0 Å². The van der Waals surface area contributed by atoms with Crippen LogP contribution < -0.4 is 0 Å². The van der Waals surface area contributed by atoms with Crippen LogP contribution in [0.2, 0.25) is 0 Å². The molecule has 0 atom stereocenters. The Kier molecular flexibility index (Phi) is 4.79. The van der Waals surface area contributed by atoms with Crippen molar-refractivity contribution >= 4 is 16.7 Å². The van der Waals surface area contributed by atoms with E-state index in [-0.39, 0.29) is 5.78 Å². The molecule has 0 radical (unpaired) electrons. The number of hydrogen-bond donors (Lipinski definition) is 0. The Balaban J connectivity index is 1.60. The number of fused-ring (bicyclic) bond motifs is 1. The van der Waals surface area contributed by atoms with Crippen LogP contribution in [0, 0.1) is 20.8 Å². The highest BCUT2D eigenvalue weighted by atomic mass is 16.1. The highest BCUT2D eigenvalue weighted by Crippen LogP contribution is 2.25. The standard InChI is InChI=1S/C26H23NO/c1-17-5-4-6-20(13-17)21-10-12-25-22(15-21)9-11-24(27-25)16-26(28)23-8-7-18(2)19(3)14-23/h4-15H,16H2,1-3H3. The zero-order valence-corrected chi connectivity index (χ0v) is 16.5. The van der Waals surface area contributed by atoms with Crippen molar-refractivity contribution in [2.45, 2.75) is 27.2 Å². The van der Waals surface area contributed by atoms with Crippen molar-refractivity contribution in [3.8, 4) is 11.1 Å². The number of nitrogens with zero attached hydrogens (tertiary/aromatic N) is 1. The van der Waals surface area contributed by atoms with Crippen LogP contribution in [0.25, 0.3) is 22.0 Å². The van der Waals surface area contributed by atoms with Crippen molar-refractivity contribution in [1.82, 2.24) is 4.98 Å². The first-order chi connectivity index (χ1) is 13.5. The molecule has 0 unspecified atom stereocenters. The third-order valence-corrected chi connectivity index (χ3v) is 5.27. The fourth-order valence-electron chi connectivity index (χ4n) is 3.45. The van der Waals surface area contributed by atoms with E-state index in [4.69, 9.17) is 4.98 Å². The number of aryl methyl sites for hydroxylation is 3. The minimum Gasteiger partial charge on any atom is -0.294 e. The normalized spacial score (nSPS) is 11.0. The van der Waals surface area contributed by atoms with Crippen molar-refractivity contribution in [1.29, 1.82) is 0 Å². The lowest BCUT2D eigenvalue weighted by Crippen LogP contribution is -2.05. The average molecular weight is 365 g/mol. The molecular weight excluding hydrogens is 342 g/mol. The highest BCUT2D eigenvalue weighted by Gasteiger charge is 2.10. The maximum Gasteiger partial charge on any atom is 0.168 e. The van der Waals surface area contributed by atoms with Gasteiger partial charge in [-0.25, -0.2) is 0 Å². The lowest BCUT2D eigenvalue weighted by atomic mass is 10.00. The highest BCUT2D eigenvalue weighted by molar-refractivity contribution is 5.98. The van der Waals surface area contributed by atoms with Crippen LogP contribution >= 0.6 is 0 Å². The second-order valence-corrected chi connectivity index (χ2v) is 7.48. The molecule has 0 spiro atoms. The lowest BCUT2D eigenvalue weighted by molar-refractivity contribution is 0.0992. The van der Waals surface area contributed by atoms with Crippen molar-refractivity contribution in [3.05, 3.63) is 101 Å². The van der Waals surface area contributed by atoms with Crippen molar-refractivity contribution in [2.24, 2.45) is 0 Å². The summed E-state index contributed by atoms with van der Waals surface area (Å²) < 4.78 is 0. The van der Waals surface area contributed by atoms with E-state index in [1.54, 1.807) is 0 Å². The summed E-state index contributed by atoms with van der Waals surface area (Å²) in [7, 11) is 0. The average Bonchev–Trinajstić information content (AvgIpc) is 2.69. The molecule has 2 nitrogen and oxygen atoms in total. The Bertz CT molecular complexity index is 1190. The van der Waals surface area contributed by atoms with Crippen molar-refractivity contribution < 1.29 is 4.79 Å². The predicted octanol–water partition coefficient (Wildman–Crippen LogP) is 6.25. The van der Waals surface area contributed by atoms with Gasteiger partial charge in [0.1, 0.15) is 0 Å². The van der Waals surface area contributed by atoms with Gasteiger partial charge in [-0.15, -0.1) is 0 Å². The summed E-state index contributed by atoms with van der Waals surface area (Å²) in [4.78, 5) is 17.4. The van der Waals surface area contributed by atoms with E-state index in [9.17, 15) is 4.79 Å². The van der Waals surface area contributed by atoms with Crippen molar-refractivity contribution in [2.75, 3.05) is 0 Å². The first-order valence-electron chi connectivity index (χ1n) is 9.57. The van der Waals surface area contributed by atoms with Crippen LogP contribution in [0.5, 0.6) is 0 Å². The van der Waals surface area contributed by atoms with Gasteiger partial charge >= 0.3 is 0 Å². The van der Waals surface area contributed by atoms with Gasteiger partial charge in [-0.2, -0.15) is 0 Å². The smallest absolute Gasteiger partial charge is 0.168 e. The molecule has 0 aliphatic heterocycles. The number of pyridine rings is 1. The van der Waals surface area contributed by atoms with Gasteiger partial charge in [0.15, 0.2) is 5.78 Å². The second-order valence-electron chi connectivity index (χ2n) is 7.48. The Labute approximate surface area is 165 Å². The largest absolute Gasteiger partial charge is 0.294 e. The summed E-state index contributed by atoms with van der Waals surface area (Å²) >= 11 is 0. The summed E-state index contributed by atoms with van der Waals surface area (Å²) in [5.41, 5.74) is 8.44. The third kappa shape index (κ3) is 3.72. The molecule has 28 heavy (non-hydrogen) atoms. The van der Waals surface area contributed by atoms with E-state index < -0.39 is 0 Å². The zero-order valence-electron chi connectivity index (χ0n) is 16.5. The molecule has 0 N–H and O–H groups in total. The number of hydrogen-bond acceptors (Lipinski definition) is 2. The van der Waals surface area contributed by atoms with E-state index in [0.29, 0.717) is 6.42 Å². The van der Waals surface area contributed by atoms with Gasteiger partial charge in [-0.1, -0.05) is 54.1 Å². The van der Waals surface area contributed by atoms with E-state index in [1.807, 2.05) is 37.3 Å². The minimum absolute atomic E-state index is 0.103. The molecular formula is C26H23NO. The zero-order chi connectivity index (χ0) is 19.7. The monoisotopic (exact) mass is 365 g/mol. The van der Waals surface area contributed by atoms with Gasteiger partial charge < -0.3 is 0 Å². The molecule has 0 fully saturated rings. The molecule has 4 aromatic rings. The molecule has 1 aromatic heterocycles. The number of rotatable bonds is 4. The number of carbonyl (C=O) groups is 1. The Hall–Kier alpha value is -3.26. The maximum atomic E-state index is 12.6. The van der Waals surface area contributed by atoms with Gasteiger partial charge in [0.05, 0.1) is 11.9 Å². The molecule has 0 saturated heterocycles. The van der Waals surface area contributed by atoms with Crippen molar-refractivity contribution in [3.63, 3.8) is 0 Å². The van der Waals surface area contributed by atoms with Gasteiger partial charge in [-0.05, 0) is 67.3 Å². The topological polar surface area (TPSA) is 30.0 Å². The Morgan fingerprint density at radius 2 is 1.61 bits per heavy atom. The van der Waals surface area contributed by atoms with Gasteiger partial charge in [-0.3, -0.25) is 9.78 Å². The molecule has 1 heterocycles. The van der Waals surface area contributed by atoms with Crippen LogP contribution in [0.4, 0.5) is 0 Å². The fraction of sp³-hybridized carbons (Fsp3) is 0.154. The molecule has 0 bridgehead atoms. The van der Waals surface area contributed by atoms with E-state index in [1.165, 1.54) is 22.3 Å². The molecule has 2 heteroatoms. The number of carbonyl (C=O) groups excluding carboxylic acids is 1. The summed E-state index contributed by atoms with van der Waals surface area (Å²) in [6.07, 6.45) is 0.318. The molecule has 0 aliphatic carbocycles. The Morgan fingerprint density at radius 3 is 2.39 bits per heavy atom. The molecule has 0 amide bonds. The number of benzene rings is 3. The first-order valence-corrected chi connectivity index (χ1v) is 9.57. The SMILES string of the molecule is Cc1cccc(-c2ccc3nc(CC(=O)c4ccc(C)c(C)c4)ccc3c2)c1. The number of Topliss-reactive ketones (excluding diaryl/α,β-unsaturated/α-hetero) is 1. The van der Waals surface area contributed by atoms with Crippen LogP contribution in [0.1, 0.15) is 32.7 Å². The van der Waals surface area contributed by atoms with Crippen LogP contribution in [-0.2, 0) is 6.42 Å². The molecule has 0 aliphatic rings. The first kappa shape index (κ1) is 18.1. The number of aromatic nitrogens is 1. The molecule has 3 aromatic carbocycles. The fourth-order valence-corrected chi connectivity index (χ4v) is 3.45. The number of ketones is 1. The van der Waals surface area contributed by atoms with E-state index in [2.05, 4.69) is 56.3 Å². The quantitative estimate of drug-likeness (QED) is 0.400. The summed E-state index contributed by atoms with van der Waals surface area (Å²) in [5.74, 6) is 0.103. The summed E-state index contributed by atoms with van der Waals surface area (Å²) in [6.45, 7) is 6.19. The Morgan fingerprint density at radius 1 is 0.786 bits per heavy atom. The van der Waals surface area contributed by atoms with Gasteiger partial charge in [0, 0.05) is 16.6 Å². The minimum atomic E-state index is 0.103. The summed E-state index contributed by atoms with van der Waals surface area (Å²) in [5, 5.41) is 1.08. The lowest BCUT2D eigenvalue weighted by Gasteiger charge is -2.07.